The van der Waals surface area contributed by atoms with Crippen LogP contribution in [0.3, 0.4) is 0 Å². The van der Waals surface area contributed by atoms with E-state index >= 15 is 0 Å². The Bertz CT molecular complexity index is 643. The van der Waals surface area contributed by atoms with Crippen molar-refractivity contribution in [3.8, 4) is 5.75 Å². The van der Waals surface area contributed by atoms with Gasteiger partial charge in [-0.05, 0) is 37.5 Å². The van der Waals surface area contributed by atoms with E-state index in [0.29, 0.717) is 25.7 Å². The van der Waals surface area contributed by atoms with Gasteiger partial charge in [0.2, 0.25) is 5.91 Å². The molecule has 1 saturated heterocycles. The summed E-state index contributed by atoms with van der Waals surface area (Å²) in [6.07, 6.45) is 1.93. The molecule has 0 spiro atoms. The normalized spacial score (nSPS) is 17.7. The Labute approximate surface area is 173 Å². The number of amides is 1. The maximum atomic E-state index is 11.9. The fourth-order valence-electron chi connectivity index (χ4n) is 2.76. The Hall–Kier alpha value is -2.32. The fourth-order valence-corrected chi connectivity index (χ4v) is 2.76. The second-order valence-electron chi connectivity index (χ2n) is 7.34. The topological polar surface area (TPSA) is 84.4 Å². The Balaban J connectivity index is 1.85. The van der Waals surface area contributed by atoms with E-state index in [0.717, 1.165) is 25.2 Å². The van der Waals surface area contributed by atoms with Crippen LogP contribution in [0.5, 0.6) is 5.75 Å². The third-order valence-corrected chi connectivity index (χ3v) is 4.59. The zero-order valence-corrected chi connectivity index (χ0v) is 17.9. The molecule has 29 heavy (non-hydrogen) atoms. The second-order valence-corrected chi connectivity index (χ2v) is 7.34. The van der Waals surface area contributed by atoms with Gasteiger partial charge in [-0.1, -0.05) is 12.1 Å². The van der Waals surface area contributed by atoms with Crippen molar-refractivity contribution in [2.45, 2.75) is 31.9 Å². The molecule has 8 heteroatoms. The minimum Gasteiger partial charge on any atom is -0.497 e. The van der Waals surface area contributed by atoms with Crippen LogP contribution in [-0.2, 0) is 20.7 Å². The number of aliphatic imine (C=N–C) groups is 1. The first-order valence-corrected chi connectivity index (χ1v) is 10.0. The molecule has 1 aliphatic heterocycles. The number of hydrogen-bond donors (Lipinski definition) is 2. The number of benzene rings is 1. The molecule has 0 aliphatic carbocycles. The smallest absolute Gasteiger partial charge is 0.243 e. The zero-order valence-electron chi connectivity index (χ0n) is 17.9. The molecule has 0 radical (unpaired) electrons. The lowest BCUT2D eigenvalue weighted by Gasteiger charge is -2.20. The van der Waals surface area contributed by atoms with Crippen LogP contribution in [0.4, 0.5) is 0 Å². The quantitative estimate of drug-likeness (QED) is 0.446. The number of ether oxygens (including phenoxy) is 3. The Kier molecular flexibility index (Phi) is 9.73. The summed E-state index contributed by atoms with van der Waals surface area (Å²) in [6, 6.07) is 8.04. The molecule has 1 amide bonds. The summed E-state index contributed by atoms with van der Waals surface area (Å²) in [4.78, 5) is 17.9. The highest BCUT2D eigenvalue weighted by atomic mass is 16.5. The number of hydrogen-bond acceptors (Lipinski definition) is 5. The molecule has 2 N–H and O–H groups in total. The zero-order chi connectivity index (χ0) is 21.1. The Morgan fingerprint density at radius 2 is 2.10 bits per heavy atom. The number of methoxy groups -OCH3 is 1. The van der Waals surface area contributed by atoms with E-state index < -0.39 is 0 Å². The summed E-state index contributed by atoms with van der Waals surface area (Å²) in [5, 5.41) is 6.63. The van der Waals surface area contributed by atoms with Crippen LogP contribution in [-0.4, -0.2) is 83.0 Å². The van der Waals surface area contributed by atoms with Gasteiger partial charge in [-0.3, -0.25) is 4.79 Å². The summed E-state index contributed by atoms with van der Waals surface area (Å²) in [5.41, 5.74) is 1.19. The van der Waals surface area contributed by atoms with Crippen molar-refractivity contribution in [3.63, 3.8) is 0 Å². The lowest BCUT2D eigenvalue weighted by atomic mass is 10.1. The van der Waals surface area contributed by atoms with Crippen molar-refractivity contribution in [3.05, 3.63) is 29.8 Å². The van der Waals surface area contributed by atoms with Crippen molar-refractivity contribution in [1.29, 1.82) is 0 Å². The lowest BCUT2D eigenvalue weighted by molar-refractivity contribution is -0.127. The Morgan fingerprint density at radius 1 is 1.34 bits per heavy atom. The molecule has 162 valence electrons. The first-order chi connectivity index (χ1) is 14.0. The van der Waals surface area contributed by atoms with Gasteiger partial charge in [0, 0.05) is 33.3 Å². The average Bonchev–Trinajstić information content (AvgIpc) is 3.24. The number of rotatable bonds is 10. The van der Waals surface area contributed by atoms with Crippen LogP contribution in [0.25, 0.3) is 0 Å². The minimum absolute atomic E-state index is 0.0479. The molecule has 1 aromatic carbocycles. The predicted octanol–water partition coefficient (Wildman–Crippen LogP) is 1.06. The van der Waals surface area contributed by atoms with Crippen LogP contribution in [0, 0.1) is 0 Å². The van der Waals surface area contributed by atoms with Crippen LogP contribution < -0.4 is 15.4 Å². The molecule has 8 nitrogen and oxygen atoms in total. The van der Waals surface area contributed by atoms with Gasteiger partial charge >= 0.3 is 0 Å². The molecule has 0 saturated carbocycles. The van der Waals surface area contributed by atoms with E-state index in [-0.39, 0.29) is 24.6 Å². The van der Waals surface area contributed by atoms with Gasteiger partial charge in [0.05, 0.1) is 26.4 Å². The molecule has 0 aromatic heterocycles. The largest absolute Gasteiger partial charge is 0.497 e. The summed E-state index contributed by atoms with van der Waals surface area (Å²) in [7, 11) is 5.11. The average molecular weight is 407 g/mol. The molecule has 0 bridgehead atoms. The third-order valence-electron chi connectivity index (χ3n) is 4.59. The number of carbonyl (C=O) groups is 1. The van der Waals surface area contributed by atoms with Crippen molar-refractivity contribution >= 4 is 11.9 Å². The summed E-state index contributed by atoms with van der Waals surface area (Å²) >= 11 is 0. The number of nitrogens with one attached hydrogen (secondary N) is 2. The van der Waals surface area contributed by atoms with Crippen LogP contribution in [0.2, 0.25) is 0 Å². The van der Waals surface area contributed by atoms with Gasteiger partial charge in [0.1, 0.15) is 12.3 Å². The summed E-state index contributed by atoms with van der Waals surface area (Å²) in [5.74, 6) is 1.40. The van der Waals surface area contributed by atoms with E-state index in [1.807, 2.05) is 31.2 Å². The molecule has 1 heterocycles. The predicted molar refractivity (Wildman–Crippen MR) is 113 cm³/mol. The number of likely N-dealkylation sites (N-methyl/N-ethyl adjacent to an activating group) is 1. The van der Waals surface area contributed by atoms with Gasteiger partial charge < -0.3 is 29.7 Å². The second kappa shape index (κ2) is 12.3. The molecular weight excluding hydrogens is 372 g/mol. The lowest BCUT2D eigenvalue weighted by Crippen LogP contribution is -2.45. The maximum Gasteiger partial charge on any atom is 0.243 e. The first kappa shape index (κ1) is 23.0. The third kappa shape index (κ3) is 8.70. The molecule has 1 aromatic rings. The van der Waals surface area contributed by atoms with Crippen molar-refractivity contribution in [1.82, 2.24) is 15.5 Å². The van der Waals surface area contributed by atoms with Crippen LogP contribution in [0.1, 0.15) is 18.9 Å². The van der Waals surface area contributed by atoms with Crippen LogP contribution in [0.15, 0.2) is 29.3 Å². The first-order valence-electron chi connectivity index (χ1n) is 10.0. The van der Waals surface area contributed by atoms with Gasteiger partial charge in [-0.25, -0.2) is 4.99 Å². The molecular formula is C21H34N4O4. The SMILES string of the molecule is COc1ccc(CCNC(=NCC(=O)N(C)C)NC(C)COC2CCOC2)cc1. The monoisotopic (exact) mass is 406 g/mol. The van der Waals surface area contributed by atoms with E-state index in [2.05, 4.69) is 15.6 Å². The van der Waals surface area contributed by atoms with E-state index in [1.54, 1.807) is 21.2 Å². The molecule has 2 atom stereocenters. The molecule has 2 rings (SSSR count). The number of carbonyl (C=O) groups excluding carboxylic acids is 1. The van der Waals surface area contributed by atoms with Gasteiger partial charge in [-0.15, -0.1) is 0 Å². The highest BCUT2D eigenvalue weighted by molar-refractivity contribution is 5.84. The van der Waals surface area contributed by atoms with Gasteiger partial charge in [0.25, 0.3) is 0 Å². The molecule has 2 unspecified atom stereocenters. The highest BCUT2D eigenvalue weighted by Crippen LogP contribution is 2.11. The van der Waals surface area contributed by atoms with Crippen LogP contribution >= 0.6 is 0 Å². The maximum absolute atomic E-state index is 11.9. The Morgan fingerprint density at radius 3 is 2.72 bits per heavy atom. The van der Waals surface area contributed by atoms with E-state index in [1.165, 1.54) is 10.5 Å². The van der Waals surface area contributed by atoms with E-state index in [4.69, 9.17) is 14.2 Å². The fraction of sp³-hybridized carbons (Fsp3) is 0.619. The van der Waals surface area contributed by atoms with Crippen molar-refractivity contribution in [2.24, 2.45) is 4.99 Å². The molecule has 1 fully saturated rings. The summed E-state index contributed by atoms with van der Waals surface area (Å²) in [6.45, 7) is 4.79. The van der Waals surface area contributed by atoms with Gasteiger partial charge in [0.15, 0.2) is 5.96 Å². The summed E-state index contributed by atoms with van der Waals surface area (Å²) < 4.78 is 16.4. The minimum atomic E-state index is -0.0479. The van der Waals surface area contributed by atoms with Gasteiger partial charge in [-0.2, -0.15) is 0 Å². The van der Waals surface area contributed by atoms with Crippen molar-refractivity contribution in [2.75, 3.05) is 54.1 Å². The highest BCUT2D eigenvalue weighted by Gasteiger charge is 2.17. The number of guanidine groups is 1. The standard InChI is InChI=1S/C21H34N4O4/c1-16(14-29-19-10-12-28-15-19)24-21(23-13-20(26)25(2)3)22-11-9-17-5-7-18(27-4)8-6-17/h5-8,16,19H,9-15H2,1-4H3,(H2,22,23,24). The number of nitrogens with zero attached hydrogens (tertiary/aromatic N) is 2. The van der Waals surface area contributed by atoms with Crippen molar-refractivity contribution < 1.29 is 19.0 Å². The van der Waals surface area contributed by atoms with E-state index in [9.17, 15) is 4.79 Å². The molecule has 1 aliphatic rings.